The van der Waals surface area contributed by atoms with E-state index in [0.29, 0.717) is 12.1 Å². The first-order valence-electron chi connectivity index (χ1n) is 10.9. The molecule has 3 heterocycles. The molecule has 0 aliphatic carbocycles. The summed E-state index contributed by atoms with van der Waals surface area (Å²) in [5.74, 6) is 0.106. The third-order valence-electron chi connectivity index (χ3n) is 5.91. The molecule has 2 atom stereocenters. The Labute approximate surface area is 201 Å². The van der Waals surface area contributed by atoms with Crippen LogP contribution in [0.25, 0.3) is 11.6 Å². The Morgan fingerprint density at radius 3 is 2.62 bits per heavy atom. The van der Waals surface area contributed by atoms with Crippen molar-refractivity contribution < 1.29 is 9.21 Å². The lowest BCUT2D eigenvalue weighted by Crippen LogP contribution is -2.35. The quantitative estimate of drug-likeness (QED) is 0.434. The highest BCUT2D eigenvalue weighted by atomic mass is 32.1. The number of carbonyl (C=O) groups is 1. The van der Waals surface area contributed by atoms with Crippen LogP contribution in [0.15, 0.2) is 69.2 Å². The van der Waals surface area contributed by atoms with Gasteiger partial charge in [0.2, 0.25) is 5.89 Å². The molecule has 0 bridgehead atoms. The molecule has 176 valence electrons. The second-order valence-corrected chi connectivity index (χ2v) is 9.61. The number of pyridine rings is 1. The van der Waals surface area contributed by atoms with Gasteiger partial charge in [-0.25, -0.2) is 0 Å². The molecule has 1 amide bonds. The van der Waals surface area contributed by atoms with E-state index in [0.717, 1.165) is 10.4 Å². The second kappa shape index (κ2) is 9.36. The lowest BCUT2D eigenvalue weighted by molar-refractivity contribution is 0.0744. The summed E-state index contributed by atoms with van der Waals surface area (Å²) < 4.78 is 7.29. The zero-order valence-corrected chi connectivity index (χ0v) is 20.4. The van der Waals surface area contributed by atoms with Gasteiger partial charge in [0, 0.05) is 30.6 Å². The van der Waals surface area contributed by atoms with Crippen LogP contribution in [0.3, 0.4) is 0 Å². The first kappa shape index (κ1) is 23.6. The summed E-state index contributed by atoms with van der Waals surface area (Å²) in [6, 6.07) is 16.5. The van der Waals surface area contributed by atoms with Crippen LogP contribution in [-0.2, 0) is 19.0 Å². The zero-order chi connectivity index (χ0) is 24.5. The summed E-state index contributed by atoms with van der Waals surface area (Å²) in [7, 11) is 3.32. The molecule has 9 heteroatoms. The number of thiophene rings is 1. The Morgan fingerprint density at radius 1 is 1.21 bits per heavy atom. The fourth-order valence-corrected chi connectivity index (χ4v) is 4.54. The largest absolute Gasteiger partial charge is 0.417 e. The van der Waals surface area contributed by atoms with Gasteiger partial charge in [0.15, 0.2) is 0 Å². The zero-order valence-electron chi connectivity index (χ0n) is 19.6. The molecular weight excluding hydrogens is 450 g/mol. The van der Waals surface area contributed by atoms with Crippen LogP contribution in [0.1, 0.15) is 46.6 Å². The Morgan fingerprint density at radius 2 is 1.94 bits per heavy atom. The summed E-state index contributed by atoms with van der Waals surface area (Å²) in [5, 5.41) is 10.3. The van der Waals surface area contributed by atoms with E-state index < -0.39 is 5.54 Å². The van der Waals surface area contributed by atoms with Gasteiger partial charge in [0.1, 0.15) is 5.69 Å². The molecule has 0 aliphatic rings. The molecule has 0 spiro atoms. The molecule has 1 unspecified atom stereocenters. The van der Waals surface area contributed by atoms with E-state index in [2.05, 4.69) is 10.2 Å². The molecule has 0 radical (unpaired) electrons. The van der Waals surface area contributed by atoms with Crippen molar-refractivity contribution in [1.82, 2.24) is 19.7 Å². The summed E-state index contributed by atoms with van der Waals surface area (Å²) in [5.41, 5.74) is 6.89. The van der Waals surface area contributed by atoms with Crippen molar-refractivity contribution in [2.75, 3.05) is 7.05 Å². The van der Waals surface area contributed by atoms with Crippen LogP contribution in [-0.4, -0.2) is 32.6 Å². The average Bonchev–Trinajstić information content (AvgIpc) is 3.53. The summed E-state index contributed by atoms with van der Waals surface area (Å²) in [4.78, 5) is 28.5. The van der Waals surface area contributed by atoms with Crippen molar-refractivity contribution in [1.29, 1.82) is 0 Å². The van der Waals surface area contributed by atoms with Crippen molar-refractivity contribution in [2.45, 2.75) is 31.8 Å². The summed E-state index contributed by atoms with van der Waals surface area (Å²) >= 11 is 1.58. The molecule has 1 aromatic carbocycles. The minimum Gasteiger partial charge on any atom is -0.417 e. The molecule has 0 aliphatic heterocycles. The van der Waals surface area contributed by atoms with E-state index in [1.54, 1.807) is 36.4 Å². The van der Waals surface area contributed by atoms with E-state index in [-0.39, 0.29) is 34.9 Å². The minimum absolute atomic E-state index is 0.128. The van der Waals surface area contributed by atoms with Crippen LogP contribution < -0.4 is 11.3 Å². The topological polar surface area (TPSA) is 107 Å². The molecule has 4 rings (SSSR count). The third-order valence-corrected chi connectivity index (χ3v) is 6.96. The Balaban J connectivity index is 1.64. The predicted octanol–water partition coefficient (Wildman–Crippen LogP) is 3.75. The number of rotatable bonds is 7. The molecule has 2 N–H and O–H groups in total. The van der Waals surface area contributed by atoms with Gasteiger partial charge in [-0.1, -0.05) is 36.4 Å². The van der Waals surface area contributed by atoms with E-state index >= 15 is 0 Å². The van der Waals surface area contributed by atoms with Crippen molar-refractivity contribution in [3.63, 3.8) is 0 Å². The molecule has 0 saturated carbocycles. The standard InChI is InChI=1S/C25H27N5O3S/c1-16(20-11-8-12-34-20)29(3)23(32)18-13-19(30(4)21(31)14-18)22-27-28-24(33-22)25(2,26)15-17-9-6-5-7-10-17/h5-14,16H,15,26H2,1-4H3/t16?,25-/m0/s1. The van der Waals surface area contributed by atoms with Gasteiger partial charge >= 0.3 is 0 Å². The van der Waals surface area contributed by atoms with Crippen molar-refractivity contribution in [3.05, 3.63) is 92.2 Å². The van der Waals surface area contributed by atoms with Crippen LogP contribution in [0, 0.1) is 0 Å². The van der Waals surface area contributed by atoms with E-state index in [9.17, 15) is 9.59 Å². The average molecular weight is 478 g/mol. The number of carbonyl (C=O) groups excluding carboxylic acids is 1. The van der Waals surface area contributed by atoms with Crippen LogP contribution in [0.2, 0.25) is 0 Å². The highest BCUT2D eigenvalue weighted by Gasteiger charge is 2.30. The number of benzene rings is 1. The number of aromatic nitrogens is 3. The normalized spacial score (nSPS) is 13.9. The maximum Gasteiger partial charge on any atom is 0.264 e. The number of hydrogen-bond donors (Lipinski definition) is 1. The molecule has 0 saturated heterocycles. The van der Waals surface area contributed by atoms with Gasteiger partial charge < -0.3 is 19.6 Å². The van der Waals surface area contributed by atoms with E-state index in [4.69, 9.17) is 10.2 Å². The van der Waals surface area contributed by atoms with Crippen molar-refractivity contribution in [2.24, 2.45) is 12.8 Å². The smallest absolute Gasteiger partial charge is 0.264 e. The fourth-order valence-electron chi connectivity index (χ4n) is 3.72. The van der Waals surface area contributed by atoms with Gasteiger partial charge in [-0.15, -0.1) is 21.5 Å². The first-order chi connectivity index (χ1) is 16.2. The highest BCUT2D eigenvalue weighted by Crippen LogP contribution is 2.27. The van der Waals surface area contributed by atoms with Crippen molar-refractivity contribution >= 4 is 17.2 Å². The first-order valence-corrected chi connectivity index (χ1v) is 11.7. The van der Waals surface area contributed by atoms with E-state index in [1.807, 2.05) is 61.7 Å². The SMILES string of the molecule is CC(c1cccs1)N(C)C(=O)c1cc(-c2nnc([C@@](C)(N)Cc3ccccc3)o2)n(C)c(=O)c1. The summed E-state index contributed by atoms with van der Waals surface area (Å²) in [6.07, 6.45) is 0.498. The van der Waals surface area contributed by atoms with Crippen LogP contribution in [0.4, 0.5) is 0 Å². The van der Waals surface area contributed by atoms with E-state index in [1.165, 1.54) is 10.6 Å². The Hall–Kier alpha value is -3.56. The van der Waals surface area contributed by atoms with Gasteiger partial charge in [0.25, 0.3) is 17.4 Å². The van der Waals surface area contributed by atoms with Gasteiger partial charge in [-0.2, -0.15) is 0 Å². The Kier molecular flexibility index (Phi) is 6.49. The molecule has 34 heavy (non-hydrogen) atoms. The van der Waals surface area contributed by atoms with Crippen molar-refractivity contribution in [3.8, 4) is 11.6 Å². The molecule has 8 nitrogen and oxygen atoms in total. The minimum atomic E-state index is -0.907. The third kappa shape index (κ3) is 4.71. The van der Waals surface area contributed by atoms with Gasteiger partial charge in [0.05, 0.1) is 11.6 Å². The highest BCUT2D eigenvalue weighted by molar-refractivity contribution is 7.10. The fraction of sp³-hybridized carbons (Fsp3) is 0.280. The second-order valence-electron chi connectivity index (χ2n) is 8.63. The number of nitrogens with two attached hydrogens (primary N) is 1. The lowest BCUT2D eigenvalue weighted by atomic mass is 9.94. The monoisotopic (exact) mass is 477 g/mol. The number of hydrogen-bond acceptors (Lipinski definition) is 7. The summed E-state index contributed by atoms with van der Waals surface area (Å²) in [6.45, 7) is 3.77. The maximum atomic E-state index is 13.2. The molecule has 4 aromatic rings. The predicted molar refractivity (Wildman–Crippen MR) is 131 cm³/mol. The van der Waals surface area contributed by atoms with Crippen LogP contribution >= 0.6 is 11.3 Å². The molecule has 3 aromatic heterocycles. The van der Waals surface area contributed by atoms with Gasteiger partial charge in [-0.3, -0.25) is 9.59 Å². The van der Waals surface area contributed by atoms with Crippen LogP contribution in [0.5, 0.6) is 0 Å². The maximum absolute atomic E-state index is 13.2. The number of nitrogens with zero attached hydrogens (tertiary/aromatic N) is 4. The lowest BCUT2D eigenvalue weighted by Gasteiger charge is -2.24. The molecular formula is C25H27N5O3S. The number of amides is 1. The Bertz CT molecular complexity index is 1340. The molecule has 0 fully saturated rings. The van der Waals surface area contributed by atoms with Gasteiger partial charge in [-0.05, 0) is 43.3 Å².